The summed E-state index contributed by atoms with van der Waals surface area (Å²) < 4.78 is 2.34. The quantitative estimate of drug-likeness (QED) is 0.864. The second-order valence-corrected chi connectivity index (χ2v) is 7.08. The number of nitrogens with zero attached hydrogens (tertiary/aromatic N) is 2. The third-order valence-corrected chi connectivity index (χ3v) is 5.35. The second-order valence-electron chi connectivity index (χ2n) is 5.76. The van der Waals surface area contributed by atoms with Crippen LogP contribution in [0.25, 0.3) is 0 Å². The van der Waals surface area contributed by atoms with Crippen LogP contribution in [0.2, 0.25) is 0 Å². The molecule has 1 unspecified atom stereocenters. The van der Waals surface area contributed by atoms with E-state index in [2.05, 4.69) is 47.0 Å². The van der Waals surface area contributed by atoms with Crippen molar-refractivity contribution in [2.24, 2.45) is 0 Å². The molecule has 1 aliphatic rings. The molecule has 4 heteroatoms. The van der Waals surface area contributed by atoms with Crippen molar-refractivity contribution in [3.8, 4) is 0 Å². The van der Waals surface area contributed by atoms with Gasteiger partial charge in [-0.2, -0.15) is 0 Å². The molecule has 0 saturated heterocycles. The topological polar surface area (TPSA) is 29.9 Å². The van der Waals surface area contributed by atoms with Crippen molar-refractivity contribution in [3.05, 3.63) is 34.3 Å². The molecule has 0 radical (unpaired) electrons. The molecule has 2 aromatic rings. The van der Waals surface area contributed by atoms with Crippen molar-refractivity contribution in [2.75, 3.05) is 5.32 Å². The van der Waals surface area contributed by atoms with Crippen LogP contribution >= 0.6 is 11.3 Å². The van der Waals surface area contributed by atoms with Gasteiger partial charge >= 0.3 is 0 Å². The highest BCUT2D eigenvalue weighted by Crippen LogP contribution is 2.32. The Hall–Kier alpha value is -1.29. The first-order valence-corrected chi connectivity index (χ1v) is 8.41. The van der Waals surface area contributed by atoms with Gasteiger partial charge in [-0.25, -0.2) is 4.98 Å². The maximum atomic E-state index is 4.52. The molecule has 1 N–H and O–H groups in total. The summed E-state index contributed by atoms with van der Waals surface area (Å²) in [4.78, 5) is 7.26. The van der Waals surface area contributed by atoms with E-state index in [1.54, 1.807) is 0 Å². The molecule has 20 heavy (non-hydrogen) atoms. The number of aryl methyl sites for hydroxylation is 1. The molecule has 0 aliphatic heterocycles. The van der Waals surface area contributed by atoms with E-state index in [0.29, 0.717) is 12.1 Å². The summed E-state index contributed by atoms with van der Waals surface area (Å²) in [6.45, 7) is 4.37. The Bertz CT molecular complexity index is 552. The monoisotopic (exact) mass is 289 g/mol. The normalized spacial score (nSPS) is 18.1. The van der Waals surface area contributed by atoms with Crippen molar-refractivity contribution in [1.29, 1.82) is 0 Å². The second kappa shape index (κ2) is 6.00. The van der Waals surface area contributed by atoms with Gasteiger partial charge in [0.25, 0.3) is 0 Å². The maximum Gasteiger partial charge on any atom is 0.203 e. The van der Waals surface area contributed by atoms with E-state index in [9.17, 15) is 0 Å². The molecular weight excluding hydrogens is 266 g/mol. The lowest BCUT2D eigenvalue weighted by Crippen LogP contribution is -2.16. The highest BCUT2D eigenvalue weighted by molar-refractivity contribution is 7.12. The van der Waals surface area contributed by atoms with Crippen LogP contribution in [0, 0.1) is 6.92 Å². The average Bonchev–Trinajstić information content (AvgIpc) is 3.09. The minimum absolute atomic E-state index is 0.318. The predicted molar refractivity (Wildman–Crippen MR) is 85.4 cm³/mol. The van der Waals surface area contributed by atoms with Crippen LogP contribution in [0.1, 0.15) is 60.9 Å². The minimum atomic E-state index is 0.318. The molecule has 0 aromatic carbocycles. The van der Waals surface area contributed by atoms with Gasteiger partial charge in [-0.3, -0.25) is 0 Å². The van der Waals surface area contributed by atoms with Crippen LogP contribution in [-0.2, 0) is 0 Å². The van der Waals surface area contributed by atoms with Gasteiger partial charge in [-0.1, -0.05) is 19.3 Å². The standard InChI is InChI=1S/C16H23N3S/c1-12-8-9-15(20-12)13(2)18-16-17-10-11-19(16)14-6-4-3-5-7-14/h8-11,13-14H,3-7H2,1-2H3,(H,17,18). The molecule has 3 nitrogen and oxygen atoms in total. The maximum absolute atomic E-state index is 4.52. The van der Waals surface area contributed by atoms with E-state index >= 15 is 0 Å². The molecule has 1 aliphatic carbocycles. The van der Waals surface area contributed by atoms with E-state index in [1.165, 1.54) is 41.9 Å². The fourth-order valence-electron chi connectivity index (χ4n) is 3.03. The molecule has 3 rings (SSSR count). The van der Waals surface area contributed by atoms with Gasteiger partial charge in [-0.15, -0.1) is 11.3 Å². The van der Waals surface area contributed by atoms with Crippen molar-refractivity contribution >= 4 is 17.3 Å². The zero-order valence-corrected chi connectivity index (χ0v) is 13.1. The van der Waals surface area contributed by atoms with Crippen molar-refractivity contribution in [1.82, 2.24) is 9.55 Å². The lowest BCUT2D eigenvalue weighted by molar-refractivity contribution is 0.355. The predicted octanol–water partition coefficient (Wildman–Crippen LogP) is 4.93. The summed E-state index contributed by atoms with van der Waals surface area (Å²) in [6, 6.07) is 5.35. The Balaban J connectivity index is 1.72. The molecule has 0 spiro atoms. The third kappa shape index (κ3) is 2.90. The van der Waals surface area contributed by atoms with Gasteiger partial charge in [0.05, 0.1) is 6.04 Å². The lowest BCUT2D eigenvalue weighted by Gasteiger charge is -2.25. The van der Waals surface area contributed by atoms with Gasteiger partial charge in [-0.05, 0) is 38.8 Å². The first-order chi connectivity index (χ1) is 9.74. The van der Waals surface area contributed by atoms with Crippen molar-refractivity contribution < 1.29 is 0 Å². The van der Waals surface area contributed by atoms with Gasteiger partial charge in [0, 0.05) is 28.2 Å². The summed E-state index contributed by atoms with van der Waals surface area (Å²) >= 11 is 1.86. The number of rotatable bonds is 4. The van der Waals surface area contributed by atoms with E-state index in [0.717, 1.165) is 5.95 Å². The van der Waals surface area contributed by atoms with E-state index in [-0.39, 0.29) is 0 Å². The molecule has 0 amide bonds. The lowest BCUT2D eigenvalue weighted by atomic mass is 9.95. The van der Waals surface area contributed by atoms with Gasteiger partial charge < -0.3 is 9.88 Å². The summed E-state index contributed by atoms with van der Waals surface area (Å²) in [7, 11) is 0. The number of imidazole rings is 1. The fourth-order valence-corrected chi connectivity index (χ4v) is 3.91. The van der Waals surface area contributed by atoms with Gasteiger partial charge in [0.15, 0.2) is 0 Å². The van der Waals surface area contributed by atoms with Crippen molar-refractivity contribution in [2.45, 2.75) is 58.0 Å². The Morgan fingerprint density at radius 3 is 2.80 bits per heavy atom. The Kier molecular flexibility index (Phi) is 4.10. The Morgan fingerprint density at radius 1 is 1.30 bits per heavy atom. The molecule has 1 fully saturated rings. The zero-order valence-electron chi connectivity index (χ0n) is 12.3. The molecule has 0 bridgehead atoms. The van der Waals surface area contributed by atoms with Gasteiger partial charge in [0.1, 0.15) is 0 Å². The van der Waals surface area contributed by atoms with E-state index in [4.69, 9.17) is 0 Å². The third-order valence-electron chi connectivity index (χ3n) is 4.17. The number of anilines is 1. The fraction of sp³-hybridized carbons (Fsp3) is 0.562. The van der Waals surface area contributed by atoms with Crippen LogP contribution in [0.15, 0.2) is 24.5 Å². The molecule has 1 atom stereocenters. The Labute approximate surface area is 125 Å². The number of aromatic nitrogens is 2. The highest BCUT2D eigenvalue weighted by Gasteiger charge is 2.19. The van der Waals surface area contributed by atoms with Gasteiger partial charge in [0.2, 0.25) is 5.95 Å². The number of thiophene rings is 1. The Morgan fingerprint density at radius 2 is 2.10 bits per heavy atom. The van der Waals surface area contributed by atoms with Crippen LogP contribution in [-0.4, -0.2) is 9.55 Å². The summed E-state index contributed by atoms with van der Waals surface area (Å²) in [6.07, 6.45) is 10.7. The van der Waals surface area contributed by atoms with Crippen LogP contribution in [0.3, 0.4) is 0 Å². The molecule has 2 heterocycles. The van der Waals surface area contributed by atoms with Crippen LogP contribution in [0.4, 0.5) is 5.95 Å². The highest BCUT2D eigenvalue weighted by atomic mass is 32.1. The molecular formula is C16H23N3S. The average molecular weight is 289 g/mol. The van der Waals surface area contributed by atoms with E-state index in [1.807, 2.05) is 17.5 Å². The molecule has 108 valence electrons. The first kappa shape index (κ1) is 13.7. The minimum Gasteiger partial charge on any atom is -0.348 e. The van der Waals surface area contributed by atoms with Crippen LogP contribution < -0.4 is 5.32 Å². The number of hydrogen-bond donors (Lipinski definition) is 1. The smallest absolute Gasteiger partial charge is 0.203 e. The summed E-state index contributed by atoms with van der Waals surface area (Å²) in [5.41, 5.74) is 0. The molecule has 2 aromatic heterocycles. The van der Waals surface area contributed by atoms with E-state index < -0.39 is 0 Å². The largest absolute Gasteiger partial charge is 0.348 e. The van der Waals surface area contributed by atoms with Crippen LogP contribution in [0.5, 0.6) is 0 Å². The molecule has 1 saturated carbocycles. The SMILES string of the molecule is Cc1ccc(C(C)Nc2nccn2C2CCCCC2)s1. The zero-order chi connectivity index (χ0) is 13.9. The number of nitrogens with one attached hydrogen (secondary N) is 1. The first-order valence-electron chi connectivity index (χ1n) is 7.60. The van der Waals surface area contributed by atoms with Crippen molar-refractivity contribution in [3.63, 3.8) is 0 Å². The summed E-state index contributed by atoms with van der Waals surface area (Å²) in [5, 5.41) is 3.58. The number of hydrogen-bond acceptors (Lipinski definition) is 3. The summed E-state index contributed by atoms with van der Waals surface area (Å²) in [5.74, 6) is 1.02.